The smallest absolute Gasteiger partial charge is 0.326 e. The lowest BCUT2D eigenvalue weighted by atomic mass is 10.1. The number of phenols is 1. The largest absolute Gasteiger partial charge is 0.506 e. The van der Waals surface area contributed by atoms with Gasteiger partial charge in [0.1, 0.15) is 11.8 Å². The van der Waals surface area contributed by atoms with E-state index in [1.165, 1.54) is 0 Å². The number of hydrogen-bond donors (Lipinski definition) is 5. The molecule has 0 radical (unpaired) electrons. The van der Waals surface area contributed by atoms with Crippen molar-refractivity contribution >= 4 is 27.7 Å². The van der Waals surface area contributed by atoms with E-state index >= 15 is 0 Å². The van der Waals surface area contributed by atoms with Crippen molar-refractivity contribution in [2.24, 2.45) is 5.73 Å². The molecular formula is C11H14N2O7S. The number of aliphatic carboxylic acids is 1. The number of nitrogens with two attached hydrogens (primary N) is 1. The first kappa shape index (κ1) is 16.7. The monoisotopic (exact) mass is 318 g/mol. The summed E-state index contributed by atoms with van der Waals surface area (Å²) in [4.78, 5) is 21.2. The van der Waals surface area contributed by atoms with E-state index in [1.54, 1.807) is 0 Å². The first-order chi connectivity index (χ1) is 9.61. The van der Waals surface area contributed by atoms with Crippen molar-refractivity contribution < 1.29 is 32.8 Å². The molecule has 0 aliphatic carbocycles. The standard InChI is InChI=1S/C11H14N2O7S/c12-10(15)4-2-7(11(16)17)13-8-5-6(21(18,19)20)1-3-9(8)14/h1,3,5,7,13-14H,2,4H2,(H2,12,15)(H,16,17)(H,18,19,20)/t7-/m0/s1. The highest BCUT2D eigenvalue weighted by molar-refractivity contribution is 7.85. The van der Waals surface area contributed by atoms with Gasteiger partial charge in [-0.15, -0.1) is 0 Å². The normalized spacial score (nSPS) is 12.6. The first-order valence-corrected chi connectivity index (χ1v) is 7.13. The van der Waals surface area contributed by atoms with Crippen LogP contribution >= 0.6 is 0 Å². The van der Waals surface area contributed by atoms with Crippen LogP contribution in [0.25, 0.3) is 0 Å². The molecule has 0 bridgehead atoms. The van der Waals surface area contributed by atoms with Gasteiger partial charge in [-0.2, -0.15) is 8.42 Å². The number of aromatic hydroxyl groups is 1. The molecule has 10 heteroatoms. The van der Waals surface area contributed by atoms with Crippen molar-refractivity contribution in [2.75, 3.05) is 5.32 Å². The average molecular weight is 318 g/mol. The second kappa shape index (κ2) is 6.41. The zero-order valence-electron chi connectivity index (χ0n) is 10.7. The molecule has 0 aliphatic heterocycles. The fraction of sp³-hybridized carbons (Fsp3) is 0.273. The number of benzene rings is 1. The van der Waals surface area contributed by atoms with E-state index in [-0.39, 0.29) is 18.5 Å². The van der Waals surface area contributed by atoms with Crippen molar-refractivity contribution in [1.29, 1.82) is 0 Å². The van der Waals surface area contributed by atoms with Gasteiger partial charge < -0.3 is 21.3 Å². The van der Waals surface area contributed by atoms with Crippen molar-refractivity contribution in [2.45, 2.75) is 23.8 Å². The van der Waals surface area contributed by atoms with Crippen molar-refractivity contribution in [3.05, 3.63) is 18.2 Å². The summed E-state index contributed by atoms with van der Waals surface area (Å²) in [7, 11) is -4.50. The molecule has 1 aromatic rings. The molecule has 0 aliphatic rings. The maximum atomic E-state index is 11.0. The number of nitrogens with one attached hydrogen (secondary N) is 1. The minimum absolute atomic E-state index is 0.153. The van der Waals surface area contributed by atoms with E-state index in [9.17, 15) is 23.1 Å². The number of carboxylic acids is 1. The van der Waals surface area contributed by atoms with E-state index in [2.05, 4.69) is 5.32 Å². The third kappa shape index (κ3) is 4.93. The predicted octanol–water partition coefficient (Wildman–Crippen LogP) is -0.231. The topological polar surface area (TPSA) is 167 Å². The van der Waals surface area contributed by atoms with E-state index in [1.807, 2.05) is 0 Å². The van der Waals surface area contributed by atoms with E-state index < -0.39 is 38.7 Å². The molecule has 0 unspecified atom stereocenters. The van der Waals surface area contributed by atoms with Gasteiger partial charge in [-0.25, -0.2) is 4.79 Å². The summed E-state index contributed by atoms with van der Waals surface area (Å²) in [5.74, 6) is -2.42. The molecule has 1 rings (SSSR count). The van der Waals surface area contributed by atoms with Crippen LogP contribution in [-0.4, -0.2) is 41.1 Å². The van der Waals surface area contributed by atoms with Gasteiger partial charge in [0.2, 0.25) is 5.91 Å². The summed E-state index contributed by atoms with van der Waals surface area (Å²) in [5, 5.41) is 21.0. The molecule has 9 nitrogen and oxygen atoms in total. The van der Waals surface area contributed by atoms with Crippen LogP contribution in [0.2, 0.25) is 0 Å². The Morgan fingerprint density at radius 1 is 1.33 bits per heavy atom. The highest BCUT2D eigenvalue weighted by Gasteiger charge is 2.20. The Bertz CT molecular complexity index is 657. The molecule has 21 heavy (non-hydrogen) atoms. The molecule has 1 aromatic carbocycles. The number of hydrogen-bond acceptors (Lipinski definition) is 6. The Morgan fingerprint density at radius 2 is 1.95 bits per heavy atom. The third-order valence-corrected chi connectivity index (χ3v) is 3.42. The lowest BCUT2D eigenvalue weighted by molar-refractivity contribution is -0.138. The van der Waals surface area contributed by atoms with Crippen molar-refractivity contribution in [3.63, 3.8) is 0 Å². The van der Waals surface area contributed by atoms with Crippen molar-refractivity contribution in [1.82, 2.24) is 0 Å². The summed E-state index contributed by atoms with van der Waals surface area (Å²) in [6, 6.07) is 1.55. The zero-order valence-corrected chi connectivity index (χ0v) is 11.5. The molecule has 0 saturated heterocycles. The molecular weight excluding hydrogens is 304 g/mol. The van der Waals surface area contributed by atoms with Gasteiger partial charge in [-0.05, 0) is 24.6 Å². The number of carbonyl (C=O) groups is 2. The number of anilines is 1. The third-order valence-electron chi connectivity index (χ3n) is 2.57. The Hall–Kier alpha value is -2.33. The van der Waals surface area contributed by atoms with Crippen LogP contribution in [0.5, 0.6) is 5.75 Å². The van der Waals surface area contributed by atoms with Gasteiger partial charge in [0, 0.05) is 6.42 Å². The number of phenolic OH excluding ortho intramolecular Hbond substituents is 1. The summed E-state index contributed by atoms with van der Waals surface area (Å²) in [6.45, 7) is 0. The number of primary amides is 1. The van der Waals surface area contributed by atoms with E-state index in [0.717, 1.165) is 18.2 Å². The van der Waals surface area contributed by atoms with Gasteiger partial charge in [-0.3, -0.25) is 9.35 Å². The summed E-state index contributed by atoms with van der Waals surface area (Å²) < 4.78 is 30.9. The molecule has 0 saturated carbocycles. The molecule has 0 spiro atoms. The first-order valence-electron chi connectivity index (χ1n) is 5.69. The van der Waals surface area contributed by atoms with E-state index in [0.29, 0.717) is 0 Å². The predicted molar refractivity (Wildman–Crippen MR) is 71.4 cm³/mol. The quantitative estimate of drug-likeness (QED) is 0.339. The summed E-state index contributed by atoms with van der Waals surface area (Å²) in [5.41, 5.74) is 4.72. The van der Waals surface area contributed by atoms with Crippen molar-refractivity contribution in [3.8, 4) is 5.75 Å². The second-order valence-corrected chi connectivity index (χ2v) is 5.62. The maximum Gasteiger partial charge on any atom is 0.326 e. The SMILES string of the molecule is NC(=O)CC[C@H](Nc1cc(S(=O)(=O)O)ccc1O)C(=O)O. The van der Waals surface area contributed by atoms with E-state index in [4.69, 9.17) is 15.4 Å². The van der Waals surface area contributed by atoms with Crippen LogP contribution in [0.15, 0.2) is 23.1 Å². The Balaban J connectivity index is 3.03. The Kier molecular flexibility index (Phi) is 5.11. The van der Waals surface area contributed by atoms with Gasteiger partial charge in [0.05, 0.1) is 10.6 Å². The summed E-state index contributed by atoms with van der Waals surface area (Å²) >= 11 is 0. The highest BCUT2D eigenvalue weighted by Crippen LogP contribution is 2.27. The number of amides is 1. The summed E-state index contributed by atoms with van der Waals surface area (Å²) in [6.07, 6.45) is -0.358. The lowest BCUT2D eigenvalue weighted by Gasteiger charge is -2.16. The van der Waals surface area contributed by atoms with Gasteiger partial charge in [0.15, 0.2) is 0 Å². The van der Waals surface area contributed by atoms with Crippen LogP contribution in [0.3, 0.4) is 0 Å². The number of rotatable bonds is 7. The van der Waals surface area contributed by atoms with Crippen LogP contribution < -0.4 is 11.1 Å². The fourth-order valence-corrected chi connectivity index (χ4v) is 2.03. The van der Waals surface area contributed by atoms with Crippen LogP contribution in [0.4, 0.5) is 5.69 Å². The maximum absolute atomic E-state index is 11.0. The van der Waals surface area contributed by atoms with Crippen LogP contribution in [0, 0.1) is 0 Å². The molecule has 1 atom stereocenters. The van der Waals surface area contributed by atoms with Gasteiger partial charge in [0.25, 0.3) is 10.1 Å². The molecule has 0 aromatic heterocycles. The van der Waals surface area contributed by atoms with Crippen LogP contribution in [-0.2, 0) is 19.7 Å². The molecule has 0 heterocycles. The zero-order chi connectivity index (χ0) is 16.2. The Morgan fingerprint density at radius 3 is 2.43 bits per heavy atom. The second-order valence-electron chi connectivity index (χ2n) is 4.19. The molecule has 0 fully saturated rings. The fourth-order valence-electron chi connectivity index (χ4n) is 1.52. The van der Waals surface area contributed by atoms with Gasteiger partial charge >= 0.3 is 5.97 Å². The molecule has 116 valence electrons. The average Bonchev–Trinajstić information content (AvgIpc) is 2.34. The lowest BCUT2D eigenvalue weighted by Crippen LogP contribution is -2.30. The minimum atomic E-state index is -4.50. The molecule has 6 N–H and O–H groups in total. The number of carboxylic acid groups (broad SMARTS) is 1. The molecule has 1 amide bonds. The van der Waals surface area contributed by atoms with Crippen LogP contribution in [0.1, 0.15) is 12.8 Å². The van der Waals surface area contributed by atoms with Gasteiger partial charge in [-0.1, -0.05) is 0 Å². The number of carbonyl (C=O) groups excluding carboxylic acids is 1. The highest BCUT2D eigenvalue weighted by atomic mass is 32.2. The Labute approximate surface area is 120 Å². The minimum Gasteiger partial charge on any atom is -0.506 e.